The van der Waals surface area contributed by atoms with Gasteiger partial charge in [0, 0.05) is 18.1 Å². The predicted octanol–water partition coefficient (Wildman–Crippen LogP) is 0.455. The smallest absolute Gasteiger partial charge is 0.238 e. The van der Waals surface area contributed by atoms with Crippen molar-refractivity contribution in [1.82, 2.24) is 4.90 Å². The number of nitrogens with one attached hydrogen (secondary N) is 1. The minimum Gasteiger partial charge on any atom is -0.389 e. The van der Waals surface area contributed by atoms with Gasteiger partial charge in [0.2, 0.25) is 5.91 Å². The van der Waals surface area contributed by atoms with Crippen molar-refractivity contribution in [2.24, 2.45) is 0 Å². The standard InChI is InChI=1S/C12H14ClFN2O3/c13-7-1-2-9(8(14)3-7)15-12(19)6-16-4-10(17)11(18)5-16/h1-3,10-11,17-18H,4-6H2,(H,15,19)/t10-,11+. The summed E-state index contributed by atoms with van der Waals surface area (Å²) in [7, 11) is 0. The minimum atomic E-state index is -0.847. The van der Waals surface area contributed by atoms with Gasteiger partial charge in [0.05, 0.1) is 24.4 Å². The summed E-state index contributed by atoms with van der Waals surface area (Å²) in [5, 5.41) is 21.4. The van der Waals surface area contributed by atoms with E-state index >= 15 is 0 Å². The Balaban J connectivity index is 1.91. The lowest BCUT2D eigenvalue weighted by Crippen LogP contribution is -2.32. The second kappa shape index (κ2) is 5.83. The topological polar surface area (TPSA) is 72.8 Å². The Labute approximate surface area is 114 Å². The average molecular weight is 289 g/mol. The lowest BCUT2D eigenvalue weighted by Gasteiger charge is -2.14. The Morgan fingerprint density at radius 2 is 2.05 bits per heavy atom. The molecule has 1 fully saturated rings. The van der Waals surface area contributed by atoms with Crippen LogP contribution in [0.3, 0.4) is 0 Å². The van der Waals surface area contributed by atoms with Crippen molar-refractivity contribution in [3.63, 3.8) is 0 Å². The van der Waals surface area contributed by atoms with Crippen molar-refractivity contribution in [3.8, 4) is 0 Å². The summed E-state index contributed by atoms with van der Waals surface area (Å²) in [5.74, 6) is -1.02. The first-order valence-corrected chi connectivity index (χ1v) is 6.17. The van der Waals surface area contributed by atoms with Gasteiger partial charge >= 0.3 is 0 Å². The van der Waals surface area contributed by atoms with Crippen LogP contribution in [0.4, 0.5) is 10.1 Å². The molecule has 1 saturated heterocycles. The summed E-state index contributed by atoms with van der Waals surface area (Å²) >= 11 is 5.61. The number of carbonyl (C=O) groups excluding carboxylic acids is 1. The zero-order chi connectivity index (χ0) is 14.0. The van der Waals surface area contributed by atoms with Crippen LogP contribution in [0.1, 0.15) is 0 Å². The Kier molecular flexibility index (Phi) is 4.36. The highest BCUT2D eigenvalue weighted by molar-refractivity contribution is 6.30. The monoisotopic (exact) mass is 288 g/mol. The van der Waals surface area contributed by atoms with Gasteiger partial charge in [0.1, 0.15) is 5.82 Å². The molecule has 0 bridgehead atoms. The number of likely N-dealkylation sites (tertiary alicyclic amines) is 1. The lowest BCUT2D eigenvalue weighted by molar-refractivity contribution is -0.117. The van der Waals surface area contributed by atoms with Gasteiger partial charge in [-0.2, -0.15) is 0 Å². The second-order valence-corrected chi connectivity index (χ2v) is 4.94. The van der Waals surface area contributed by atoms with Gasteiger partial charge in [-0.1, -0.05) is 11.6 Å². The Morgan fingerprint density at radius 3 is 2.63 bits per heavy atom. The van der Waals surface area contributed by atoms with E-state index in [4.69, 9.17) is 11.6 Å². The maximum Gasteiger partial charge on any atom is 0.238 e. The third-order valence-corrected chi connectivity index (χ3v) is 3.14. The third-order valence-electron chi connectivity index (χ3n) is 2.91. The average Bonchev–Trinajstić information content (AvgIpc) is 2.62. The van der Waals surface area contributed by atoms with Crippen molar-refractivity contribution >= 4 is 23.2 Å². The number of carbonyl (C=O) groups is 1. The Morgan fingerprint density at radius 1 is 1.42 bits per heavy atom. The first-order valence-electron chi connectivity index (χ1n) is 5.79. The molecule has 1 heterocycles. The molecule has 0 aliphatic carbocycles. The van der Waals surface area contributed by atoms with E-state index in [9.17, 15) is 19.4 Å². The second-order valence-electron chi connectivity index (χ2n) is 4.50. The molecule has 0 unspecified atom stereocenters. The molecule has 1 aromatic carbocycles. The number of hydrogen-bond acceptors (Lipinski definition) is 4. The van der Waals surface area contributed by atoms with E-state index in [0.717, 1.165) is 6.07 Å². The minimum absolute atomic E-state index is 0.0177. The molecule has 5 nitrogen and oxygen atoms in total. The van der Waals surface area contributed by atoms with Crippen LogP contribution in [-0.4, -0.2) is 52.9 Å². The van der Waals surface area contributed by atoms with Gasteiger partial charge in [0.25, 0.3) is 0 Å². The quantitative estimate of drug-likeness (QED) is 0.755. The number of β-amino-alcohol motifs (C(OH)–C–C–N with tert-alkyl or cyclic N) is 2. The molecule has 7 heteroatoms. The van der Waals surface area contributed by atoms with Gasteiger partial charge in [-0.25, -0.2) is 4.39 Å². The molecule has 104 valence electrons. The molecule has 19 heavy (non-hydrogen) atoms. The zero-order valence-corrected chi connectivity index (χ0v) is 10.8. The van der Waals surface area contributed by atoms with Crippen LogP contribution in [0.2, 0.25) is 5.02 Å². The van der Waals surface area contributed by atoms with Crippen LogP contribution in [0.15, 0.2) is 18.2 Å². The Bertz CT molecular complexity index is 476. The van der Waals surface area contributed by atoms with E-state index in [0.29, 0.717) is 0 Å². The molecule has 1 amide bonds. The number of aliphatic hydroxyl groups excluding tert-OH is 2. The molecule has 1 aliphatic heterocycles. The number of anilines is 1. The summed E-state index contributed by atoms with van der Waals surface area (Å²) in [6, 6.07) is 3.97. The molecule has 0 spiro atoms. The fourth-order valence-corrected chi connectivity index (χ4v) is 2.12. The van der Waals surface area contributed by atoms with Crippen LogP contribution in [0, 0.1) is 5.82 Å². The molecule has 0 saturated carbocycles. The first-order chi connectivity index (χ1) is 8.95. The number of nitrogens with zero attached hydrogens (tertiary/aromatic N) is 1. The number of rotatable bonds is 3. The first kappa shape index (κ1) is 14.2. The molecule has 0 aromatic heterocycles. The number of benzene rings is 1. The van der Waals surface area contributed by atoms with Crippen molar-refractivity contribution < 1.29 is 19.4 Å². The highest BCUT2D eigenvalue weighted by Gasteiger charge is 2.30. The van der Waals surface area contributed by atoms with E-state index in [2.05, 4.69) is 5.32 Å². The van der Waals surface area contributed by atoms with Gasteiger partial charge in [-0.3, -0.25) is 9.69 Å². The molecular formula is C12H14ClFN2O3. The fraction of sp³-hybridized carbons (Fsp3) is 0.417. The van der Waals surface area contributed by atoms with Crippen LogP contribution in [0.5, 0.6) is 0 Å². The van der Waals surface area contributed by atoms with E-state index in [1.807, 2.05) is 0 Å². The maximum absolute atomic E-state index is 13.5. The van der Waals surface area contributed by atoms with E-state index in [1.54, 1.807) is 4.90 Å². The van der Waals surface area contributed by atoms with Crippen LogP contribution >= 0.6 is 11.6 Å². The fourth-order valence-electron chi connectivity index (χ4n) is 1.96. The van der Waals surface area contributed by atoms with Crippen molar-refractivity contribution in [1.29, 1.82) is 0 Å². The van der Waals surface area contributed by atoms with Gasteiger partial charge < -0.3 is 15.5 Å². The van der Waals surface area contributed by atoms with E-state index in [-0.39, 0.29) is 30.3 Å². The number of halogens is 2. The van der Waals surface area contributed by atoms with Crippen molar-refractivity contribution in [2.75, 3.05) is 25.0 Å². The SMILES string of the molecule is O=C(CN1C[C@@H](O)[C@@H](O)C1)Nc1ccc(Cl)cc1F. The summed E-state index contributed by atoms with van der Waals surface area (Å²) in [6.45, 7) is 0.422. The number of amides is 1. The highest BCUT2D eigenvalue weighted by atomic mass is 35.5. The molecule has 0 radical (unpaired) electrons. The van der Waals surface area contributed by atoms with E-state index < -0.39 is 23.9 Å². The predicted molar refractivity (Wildman–Crippen MR) is 68.5 cm³/mol. The maximum atomic E-state index is 13.5. The zero-order valence-electron chi connectivity index (χ0n) is 10.0. The molecule has 3 N–H and O–H groups in total. The van der Waals surface area contributed by atoms with Crippen LogP contribution < -0.4 is 5.32 Å². The summed E-state index contributed by atoms with van der Waals surface area (Å²) < 4.78 is 13.5. The number of hydrogen-bond donors (Lipinski definition) is 3. The lowest BCUT2D eigenvalue weighted by atomic mass is 10.3. The van der Waals surface area contributed by atoms with Gasteiger partial charge in [-0.05, 0) is 18.2 Å². The van der Waals surface area contributed by atoms with Gasteiger partial charge in [-0.15, -0.1) is 0 Å². The molecule has 2 rings (SSSR count). The highest BCUT2D eigenvalue weighted by Crippen LogP contribution is 2.19. The van der Waals surface area contributed by atoms with Crippen LogP contribution in [-0.2, 0) is 4.79 Å². The van der Waals surface area contributed by atoms with Crippen LogP contribution in [0.25, 0.3) is 0 Å². The molecule has 1 aliphatic rings. The summed E-state index contributed by atoms with van der Waals surface area (Å²) in [4.78, 5) is 13.3. The number of aliphatic hydroxyl groups is 2. The van der Waals surface area contributed by atoms with Crippen molar-refractivity contribution in [2.45, 2.75) is 12.2 Å². The third kappa shape index (κ3) is 3.63. The summed E-state index contributed by atoms with van der Waals surface area (Å²) in [6.07, 6.45) is -1.69. The summed E-state index contributed by atoms with van der Waals surface area (Å²) in [5.41, 5.74) is 0.0506. The van der Waals surface area contributed by atoms with E-state index in [1.165, 1.54) is 12.1 Å². The normalized spacial score (nSPS) is 23.6. The molecular weight excluding hydrogens is 275 g/mol. The van der Waals surface area contributed by atoms with Crippen molar-refractivity contribution in [3.05, 3.63) is 29.0 Å². The molecule has 1 aromatic rings. The largest absolute Gasteiger partial charge is 0.389 e. The molecule has 2 atom stereocenters. The Hall–Kier alpha value is -1.21. The van der Waals surface area contributed by atoms with Gasteiger partial charge in [0.15, 0.2) is 0 Å².